The molecule has 1 aromatic carbocycles. The van der Waals surface area contributed by atoms with Crippen molar-refractivity contribution < 1.29 is 9.90 Å². The van der Waals surface area contributed by atoms with Gasteiger partial charge in [0.2, 0.25) is 0 Å². The molecule has 3 nitrogen and oxygen atoms in total. The van der Waals surface area contributed by atoms with E-state index in [9.17, 15) is 9.90 Å². The standard InChI is InChI=1S/C17H23NO2/c1-9(2)16-12(6)18(10(3)4)15-8-13(17(19)20)11(5)7-14(15)16/h7-10H,1-6H3,(H,19,20). The second-order valence-electron chi connectivity index (χ2n) is 6.11. The van der Waals surface area contributed by atoms with Crippen LogP contribution in [0.5, 0.6) is 0 Å². The number of carboxylic acid groups (broad SMARTS) is 1. The van der Waals surface area contributed by atoms with Gasteiger partial charge in [-0.3, -0.25) is 0 Å². The fraction of sp³-hybridized carbons (Fsp3) is 0.471. The van der Waals surface area contributed by atoms with Crippen LogP contribution in [0.15, 0.2) is 12.1 Å². The molecule has 108 valence electrons. The first kappa shape index (κ1) is 14.6. The van der Waals surface area contributed by atoms with E-state index in [1.54, 1.807) is 0 Å². The largest absolute Gasteiger partial charge is 0.478 e. The topological polar surface area (TPSA) is 42.2 Å². The molecule has 0 unspecified atom stereocenters. The predicted octanol–water partition coefficient (Wildman–Crippen LogP) is 4.66. The number of fused-ring (bicyclic) bond motifs is 1. The molecule has 1 aromatic heterocycles. The number of nitrogens with zero attached hydrogens (tertiary/aromatic N) is 1. The van der Waals surface area contributed by atoms with Gasteiger partial charge in [0.15, 0.2) is 0 Å². The Morgan fingerprint density at radius 3 is 2.20 bits per heavy atom. The first-order valence-electron chi connectivity index (χ1n) is 7.14. The molecule has 0 bridgehead atoms. The summed E-state index contributed by atoms with van der Waals surface area (Å²) in [6, 6.07) is 4.17. The number of rotatable bonds is 3. The van der Waals surface area contributed by atoms with Crippen LogP contribution in [0.4, 0.5) is 0 Å². The second kappa shape index (κ2) is 4.97. The summed E-state index contributed by atoms with van der Waals surface area (Å²) in [4.78, 5) is 11.4. The van der Waals surface area contributed by atoms with Crippen molar-refractivity contribution in [2.75, 3.05) is 0 Å². The average molecular weight is 273 g/mol. The molecule has 0 saturated heterocycles. The van der Waals surface area contributed by atoms with E-state index in [-0.39, 0.29) is 0 Å². The molecule has 0 atom stereocenters. The molecule has 0 amide bonds. The molecule has 0 aliphatic carbocycles. The molecule has 1 N–H and O–H groups in total. The van der Waals surface area contributed by atoms with Gasteiger partial charge in [0.05, 0.1) is 5.56 Å². The Hall–Kier alpha value is -1.77. The van der Waals surface area contributed by atoms with E-state index in [1.807, 2.05) is 19.1 Å². The highest BCUT2D eigenvalue weighted by Gasteiger charge is 2.20. The first-order valence-corrected chi connectivity index (χ1v) is 7.14. The summed E-state index contributed by atoms with van der Waals surface area (Å²) < 4.78 is 2.25. The van der Waals surface area contributed by atoms with E-state index in [2.05, 4.69) is 39.2 Å². The van der Waals surface area contributed by atoms with Gasteiger partial charge in [-0.2, -0.15) is 0 Å². The summed E-state index contributed by atoms with van der Waals surface area (Å²) in [5.41, 5.74) is 4.82. The molecular weight excluding hydrogens is 250 g/mol. The maximum absolute atomic E-state index is 11.4. The predicted molar refractivity (Wildman–Crippen MR) is 82.8 cm³/mol. The SMILES string of the molecule is Cc1cc2c(C(C)C)c(C)n(C(C)C)c2cc1C(=O)O. The van der Waals surface area contributed by atoms with Crippen LogP contribution in [0.3, 0.4) is 0 Å². The van der Waals surface area contributed by atoms with Gasteiger partial charge in [0.1, 0.15) is 0 Å². The van der Waals surface area contributed by atoms with Gasteiger partial charge in [0.25, 0.3) is 0 Å². The van der Waals surface area contributed by atoms with Crippen LogP contribution in [0.1, 0.15) is 66.8 Å². The lowest BCUT2D eigenvalue weighted by molar-refractivity contribution is 0.0696. The minimum atomic E-state index is -0.857. The lowest BCUT2D eigenvalue weighted by Crippen LogP contribution is -2.05. The summed E-state index contributed by atoms with van der Waals surface area (Å²) in [6.45, 7) is 12.6. The second-order valence-corrected chi connectivity index (χ2v) is 6.11. The van der Waals surface area contributed by atoms with Gasteiger partial charge in [-0.25, -0.2) is 4.79 Å². The van der Waals surface area contributed by atoms with E-state index in [1.165, 1.54) is 16.6 Å². The molecule has 0 saturated carbocycles. The molecule has 0 fully saturated rings. The number of hydrogen-bond acceptors (Lipinski definition) is 1. The molecule has 0 spiro atoms. The van der Waals surface area contributed by atoms with Crippen molar-refractivity contribution in [2.24, 2.45) is 0 Å². The number of carboxylic acids is 1. The third-order valence-electron chi connectivity index (χ3n) is 3.97. The zero-order chi connectivity index (χ0) is 15.2. The number of carbonyl (C=O) groups is 1. The zero-order valence-electron chi connectivity index (χ0n) is 13.1. The van der Waals surface area contributed by atoms with Gasteiger partial charge in [-0.05, 0) is 56.9 Å². The summed E-state index contributed by atoms with van der Waals surface area (Å²) in [6.07, 6.45) is 0. The molecule has 1 heterocycles. The van der Waals surface area contributed by atoms with Crippen molar-refractivity contribution in [3.8, 4) is 0 Å². The fourth-order valence-electron chi connectivity index (χ4n) is 3.24. The Labute approximate surface area is 120 Å². The Morgan fingerprint density at radius 2 is 1.75 bits per heavy atom. The molecule has 0 aliphatic heterocycles. The normalized spacial score (nSPS) is 11.8. The van der Waals surface area contributed by atoms with Crippen molar-refractivity contribution in [1.29, 1.82) is 0 Å². The summed E-state index contributed by atoms with van der Waals surface area (Å²) in [7, 11) is 0. The van der Waals surface area contributed by atoms with Gasteiger partial charge < -0.3 is 9.67 Å². The number of benzene rings is 1. The molecule has 20 heavy (non-hydrogen) atoms. The third-order valence-corrected chi connectivity index (χ3v) is 3.97. The van der Waals surface area contributed by atoms with Crippen LogP contribution < -0.4 is 0 Å². The Morgan fingerprint density at radius 1 is 1.15 bits per heavy atom. The highest BCUT2D eigenvalue weighted by Crippen LogP contribution is 2.35. The van der Waals surface area contributed by atoms with E-state index < -0.39 is 5.97 Å². The van der Waals surface area contributed by atoms with Crippen LogP contribution in [-0.4, -0.2) is 15.6 Å². The maximum Gasteiger partial charge on any atom is 0.336 e. The Bertz CT molecular complexity index is 678. The van der Waals surface area contributed by atoms with Crippen molar-refractivity contribution in [2.45, 2.75) is 53.5 Å². The van der Waals surface area contributed by atoms with E-state index in [0.29, 0.717) is 17.5 Å². The Balaban J connectivity index is 2.94. The van der Waals surface area contributed by atoms with Crippen LogP contribution >= 0.6 is 0 Å². The summed E-state index contributed by atoms with van der Waals surface area (Å²) in [5.74, 6) is -0.433. The minimum Gasteiger partial charge on any atom is -0.478 e. The number of aryl methyl sites for hydroxylation is 1. The Kier molecular flexibility index (Phi) is 3.63. The van der Waals surface area contributed by atoms with Crippen molar-refractivity contribution in [3.63, 3.8) is 0 Å². The van der Waals surface area contributed by atoms with Crippen molar-refractivity contribution in [3.05, 3.63) is 34.5 Å². The third kappa shape index (κ3) is 2.11. The lowest BCUT2D eigenvalue weighted by Gasteiger charge is -2.14. The lowest BCUT2D eigenvalue weighted by atomic mass is 9.97. The number of aromatic carboxylic acids is 1. The van der Waals surface area contributed by atoms with Crippen LogP contribution in [0.2, 0.25) is 0 Å². The number of hydrogen-bond donors (Lipinski definition) is 1. The van der Waals surface area contributed by atoms with Gasteiger partial charge >= 0.3 is 5.97 Å². The smallest absolute Gasteiger partial charge is 0.336 e. The highest BCUT2D eigenvalue weighted by atomic mass is 16.4. The van der Waals surface area contributed by atoms with Gasteiger partial charge in [0, 0.05) is 22.6 Å². The van der Waals surface area contributed by atoms with E-state index >= 15 is 0 Å². The molecule has 3 heteroatoms. The molecule has 2 rings (SSSR count). The zero-order valence-corrected chi connectivity index (χ0v) is 13.1. The number of aromatic nitrogens is 1. The first-order chi connectivity index (χ1) is 9.25. The van der Waals surface area contributed by atoms with Crippen LogP contribution in [0.25, 0.3) is 10.9 Å². The van der Waals surface area contributed by atoms with Crippen LogP contribution in [0, 0.1) is 13.8 Å². The quantitative estimate of drug-likeness (QED) is 0.883. The molecular formula is C17H23NO2. The van der Waals surface area contributed by atoms with Gasteiger partial charge in [-0.15, -0.1) is 0 Å². The average Bonchev–Trinajstić information content (AvgIpc) is 2.58. The monoisotopic (exact) mass is 273 g/mol. The van der Waals surface area contributed by atoms with Gasteiger partial charge in [-0.1, -0.05) is 13.8 Å². The maximum atomic E-state index is 11.4. The molecule has 0 aliphatic rings. The fourth-order valence-corrected chi connectivity index (χ4v) is 3.24. The molecule has 2 aromatic rings. The van der Waals surface area contributed by atoms with E-state index in [4.69, 9.17) is 0 Å². The van der Waals surface area contributed by atoms with E-state index in [0.717, 1.165) is 11.1 Å². The highest BCUT2D eigenvalue weighted by molar-refractivity contribution is 5.97. The van der Waals surface area contributed by atoms with Crippen LogP contribution in [-0.2, 0) is 0 Å². The molecule has 0 radical (unpaired) electrons. The summed E-state index contributed by atoms with van der Waals surface area (Å²) in [5, 5.41) is 10.5. The van der Waals surface area contributed by atoms with Crippen molar-refractivity contribution in [1.82, 2.24) is 4.57 Å². The minimum absolute atomic E-state index is 0.314. The summed E-state index contributed by atoms with van der Waals surface area (Å²) >= 11 is 0. The van der Waals surface area contributed by atoms with Crippen molar-refractivity contribution >= 4 is 16.9 Å².